The summed E-state index contributed by atoms with van der Waals surface area (Å²) in [7, 11) is -3.79. The summed E-state index contributed by atoms with van der Waals surface area (Å²) in [6.07, 6.45) is 5.81. The van der Waals surface area contributed by atoms with Crippen molar-refractivity contribution in [3.05, 3.63) is 36.0 Å². The van der Waals surface area contributed by atoms with Crippen LogP contribution in [-0.2, 0) is 21.4 Å². The summed E-state index contributed by atoms with van der Waals surface area (Å²) >= 11 is 0. The van der Waals surface area contributed by atoms with Gasteiger partial charge in [0.1, 0.15) is 11.4 Å². The molecule has 1 amide bonds. The average molecular weight is 533 g/mol. The molecule has 3 heterocycles. The Morgan fingerprint density at radius 1 is 1.11 bits per heavy atom. The van der Waals surface area contributed by atoms with Crippen molar-refractivity contribution in [2.75, 3.05) is 25.4 Å². The minimum absolute atomic E-state index is 0.118. The maximum Gasteiger partial charge on any atom is 0.253 e. The van der Waals surface area contributed by atoms with Crippen LogP contribution in [0.4, 0.5) is 0 Å². The van der Waals surface area contributed by atoms with Crippen LogP contribution in [0.5, 0.6) is 0 Å². The molecule has 2 aromatic rings. The topological polar surface area (TPSA) is 144 Å². The van der Waals surface area contributed by atoms with Gasteiger partial charge in [-0.05, 0) is 43.4 Å². The van der Waals surface area contributed by atoms with Crippen molar-refractivity contribution < 1.29 is 28.5 Å². The molecule has 1 saturated carbocycles. The smallest absolute Gasteiger partial charge is 0.253 e. The van der Waals surface area contributed by atoms with Crippen molar-refractivity contribution in [2.45, 2.75) is 69.2 Å². The molecule has 5 rings (SSSR count). The molecule has 1 aromatic carbocycles. The molecule has 0 bridgehead atoms. The van der Waals surface area contributed by atoms with Gasteiger partial charge in [-0.25, -0.2) is 12.7 Å². The van der Waals surface area contributed by atoms with Crippen LogP contribution in [0.2, 0.25) is 0 Å². The highest BCUT2D eigenvalue weighted by Gasteiger charge is 2.48. The van der Waals surface area contributed by atoms with Crippen LogP contribution in [0.15, 0.2) is 35.5 Å². The van der Waals surface area contributed by atoms with Gasteiger partial charge in [0, 0.05) is 36.1 Å². The van der Waals surface area contributed by atoms with Gasteiger partial charge in [-0.3, -0.25) is 9.79 Å². The number of hydrogen-bond donors (Lipinski definition) is 4. The lowest BCUT2D eigenvalue weighted by molar-refractivity contribution is -0.125. The fraction of sp³-hybridized carbons (Fsp3) is 0.615. The number of aromatic nitrogens is 1. The number of nitrogens with one attached hydrogen (secondary N) is 1. The molecular formula is C26H36N4O6S. The predicted octanol–water partition coefficient (Wildman–Crippen LogP) is 1.30. The standard InChI is InChI=1S/C26H36N4O6S/c31-16-19(32)15-29-12-9-20-21(7-4-8-22(20)29)23(33)17-37(35,36)30-13-10-26(11-14-30)25(34)27-24(28-26)18-5-2-1-3-6-18/h4,7-9,12,18-19,23,31-33H,1-3,5-6,10-11,13-17H2,(H,27,28,34). The molecule has 3 aliphatic rings. The predicted molar refractivity (Wildman–Crippen MR) is 139 cm³/mol. The minimum atomic E-state index is -3.79. The first-order valence-electron chi connectivity index (χ1n) is 13.2. The van der Waals surface area contributed by atoms with E-state index in [1.165, 1.54) is 10.7 Å². The number of aliphatic hydroxyl groups excluding tert-OH is 3. The van der Waals surface area contributed by atoms with Gasteiger partial charge in [-0.15, -0.1) is 0 Å². The van der Waals surface area contributed by atoms with E-state index in [4.69, 9.17) is 10.1 Å². The van der Waals surface area contributed by atoms with E-state index in [0.29, 0.717) is 29.7 Å². The van der Waals surface area contributed by atoms with E-state index in [9.17, 15) is 23.4 Å². The van der Waals surface area contributed by atoms with E-state index in [2.05, 4.69) is 5.32 Å². The van der Waals surface area contributed by atoms with Crippen molar-refractivity contribution in [3.8, 4) is 0 Å². The number of amidine groups is 1. The van der Waals surface area contributed by atoms with E-state index in [1.54, 1.807) is 29.0 Å². The highest BCUT2D eigenvalue weighted by Crippen LogP contribution is 2.35. The van der Waals surface area contributed by atoms with E-state index < -0.39 is 33.5 Å². The first kappa shape index (κ1) is 26.3. The molecule has 1 saturated heterocycles. The molecule has 2 fully saturated rings. The highest BCUT2D eigenvalue weighted by atomic mass is 32.2. The van der Waals surface area contributed by atoms with Crippen LogP contribution in [-0.4, -0.2) is 81.4 Å². The van der Waals surface area contributed by atoms with Crippen LogP contribution >= 0.6 is 0 Å². The molecule has 10 nitrogen and oxygen atoms in total. The Kier molecular flexibility index (Phi) is 7.43. The number of hydrogen-bond acceptors (Lipinski definition) is 7. The van der Waals surface area contributed by atoms with Gasteiger partial charge < -0.3 is 25.2 Å². The monoisotopic (exact) mass is 532 g/mol. The molecule has 37 heavy (non-hydrogen) atoms. The van der Waals surface area contributed by atoms with Gasteiger partial charge in [0.05, 0.1) is 31.1 Å². The Morgan fingerprint density at radius 3 is 2.54 bits per heavy atom. The van der Waals surface area contributed by atoms with E-state index in [0.717, 1.165) is 37.0 Å². The second-order valence-electron chi connectivity index (χ2n) is 10.6. The van der Waals surface area contributed by atoms with Crippen molar-refractivity contribution in [1.29, 1.82) is 0 Å². The normalized spacial score (nSPS) is 22.8. The zero-order valence-corrected chi connectivity index (χ0v) is 21.7. The number of rotatable bonds is 8. The molecular weight excluding hydrogens is 496 g/mol. The molecule has 1 aromatic heterocycles. The molecule has 1 spiro atoms. The number of piperidine rings is 1. The van der Waals surface area contributed by atoms with Gasteiger partial charge in [-0.2, -0.15) is 0 Å². The minimum Gasteiger partial charge on any atom is -0.394 e. The quantitative estimate of drug-likeness (QED) is 0.403. The summed E-state index contributed by atoms with van der Waals surface area (Å²) in [6.45, 7) is 0.186. The summed E-state index contributed by atoms with van der Waals surface area (Å²) < 4.78 is 29.6. The van der Waals surface area contributed by atoms with Crippen molar-refractivity contribution in [3.63, 3.8) is 0 Å². The molecule has 2 aliphatic heterocycles. The van der Waals surface area contributed by atoms with Crippen molar-refractivity contribution >= 4 is 32.7 Å². The fourth-order valence-corrected chi connectivity index (χ4v) is 7.49. The van der Waals surface area contributed by atoms with Crippen LogP contribution in [0.3, 0.4) is 0 Å². The Morgan fingerprint density at radius 2 is 1.84 bits per heavy atom. The molecule has 202 valence electrons. The van der Waals surface area contributed by atoms with Crippen LogP contribution < -0.4 is 5.32 Å². The summed E-state index contributed by atoms with van der Waals surface area (Å²) in [5.74, 6) is 0.487. The zero-order chi connectivity index (χ0) is 26.2. The summed E-state index contributed by atoms with van der Waals surface area (Å²) in [4.78, 5) is 17.7. The number of fused-ring (bicyclic) bond motifs is 1. The maximum atomic E-state index is 13.3. The highest BCUT2D eigenvalue weighted by molar-refractivity contribution is 7.89. The van der Waals surface area contributed by atoms with E-state index >= 15 is 0 Å². The maximum absolute atomic E-state index is 13.3. The van der Waals surface area contributed by atoms with Crippen molar-refractivity contribution in [2.24, 2.45) is 10.9 Å². The number of carbonyl (C=O) groups is 1. The van der Waals surface area contributed by atoms with Gasteiger partial charge in [0.25, 0.3) is 5.91 Å². The number of sulfonamides is 1. The lowest BCUT2D eigenvalue weighted by Gasteiger charge is -2.35. The molecule has 1 aliphatic carbocycles. The van der Waals surface area contributed by atoms with Crippen LogP contribution in [0, 0.1) is 5.92 Å². The Hall–Kier alpha value is -2.31. The third-order valence-corrected chi connectivity index (χ3v) is 10.0. The summed E-state index contributed by atoms with van der Waals surface area (Å²) in [5.41, 5.74) is 0.342. The number of nitrogens with zero attached hydrogens (tertiary/aromatic N) is 3. The first-order chi connectivity index (χ1) is 17.7. The molecule has 2 atom stereocenters. The number of aliphatic imine (C=N–C) groups is 1. The van der Waals surface area contributed by atoms with E-state index in [-0.39, 0.29) is 32.1 Å². The largest absolute Gasteiger partial charge is 0.394 e. The van der Waals surface area contributed by atoms with E-state index in [1.807, 2.05) is 6.07 Å². The van der Waals surface area contributed by atoms with Crippen LogP contribution in [0.25, 0.3) is 10.9 Å². The second-order valence-corrected chi connectivity index (χ2v) is 12.6. The number of aliphatic hydroxyl groups is 3. The van der Waals surface area contributed by atoms with Crippen molar-refractivity contribution in [1.82, 2.24) is 14.2 Å². The number of benzene rings is 1. The average Bonchev–Trinajstić information content (AvgIpc) is 3.45. The third kappa shape index (κ3) is 5.20. The van der Waals surface area contributed by atoms with Gasteiger partial charge in [-0.1, -0.05) is 31.4 Å². The first-order valence-corrected chi connectivity index (χ1v) is 14.8. The zero-order valence-electron chi connectivity index (χ0n) is 20.9. The molecule has 4 N–H and O–H groups in total. The van der Waals surface area contributed by atoms with Gasteiger partial charge >= 0.3 is 0 Å². The molecule has 0 radical (unpaired) electrons. The third-order valence-electron chi connectivity index (χ3n) is 8.13. The van der Waals surface area contributed by atoms with Gasteiger partial charge in [0.15, 0.2) is 0 Å². The van der Waals surface area contributed by atoms with Gasteiger partial charge in [0.2, 0.25) is 10.0 Å². The molecule has 2 unspecified atom stereocenters. The molecule has 11 heteroatoms. The number of amides is 1. The number of carbonyl (C=O) groups excluding carboxylic acids is 1. The lowest BCUT2D eigenvalue weighted by atomic mass is 9.88. The summed E-state index contributed by atoms with van der Waals surface area (Å²) in [5, 5.41) is 33.6. The Labute approximate surface area is 217 Å². The summed E-state index contributed by atoms with van der Waals surface area (Å²) in [6, 6.07) is 7.03. The lowest BCUT2D eigenvalue weighted by Crippen LogP contribution is -2.51. The second kappa shape index (κ2) is 10.5. The Balaban J connectivity index is 1.26. The van der Waals surface area contributed by atoms with Crippen LogP contribution in [0.1, 0.15) is 56.6 Å². The SMILES string of the molecule is O=C1NC(C2CCCCC2)=NC12CCN(S(=O)(=O)CC(O)c1cccc3c1ccn3CC(O)CO)CC2. The fourth-order valence-electron chi connectivity index (χ4n) is 5.96. The Bertz CT molecular complexity index is 1280.